The molecule has 1 fully saturated rings. The van der Waals surface area contributed by atoms with E-state index in [0.29, 0.717) is 6.04 Å². The highest BCUT2D eigenvalue weighted by atomic mass is 16.1. The van der Waals surface area contributed by atoms with Gasteiger partial charge in [0, 0.05) is 44.0 Å². The number of nitrogens with zero attached hydrogens (tertiary/aromatic N) is 2. The van der Waals surface area contributed by atoms with Crippen molar-refractivity contribution in [3.05, 3.63) is 39.8 Å². The average molecular weight is 316 g/mol. The van der Waals surface area contributed by atoms with Crippen LogP contribution >= 0.6 is 0 Å². The Bertz CT molecular complexity index is 689. The Kier molecular flexibility index (Phi) is 6.30. The first kappa shape index (κ1) is 17.6. The fraction of sp³-hybridized carbons (Fsp3) is 0.556. The summed E-state index contributed by atoms with van der Waals surface area (Å²) < 4.78 is 0. The molecule has 0 bridgehead atoms. The smallest absolute Gasteiger partial charge is 0.251 e. The Morgan fingerprint density at radius 1 is 1.26 bits per heavy atom. The number of hydrogen-bond acceptors (Lipinski definition) is 4. The van der Waals surface area contributed by atoms with Crippen molar-refractivity contribution < 1.29 is 0 Å². The number of nitrogens with one attached hydrogen (secondary N) is 2. The largest absolute Gasteiger partial charge is 0.320 e. The normalized spacial score (nSPS) is 16.7. The predicted molar refractivity (Wildman–Crippen MR) is 95.9 cm³/mol. The molecule has 0 aromatic carbocycles. The molecule has 2 aromatic rings. The van der Waals surface area contributed by atoms with Gasteiger partial charge in [-0.1, -0.05) is 20.8 Å². The maximum absolute atomic E-state index is 11.9. The van der Waals surface area contributed by atoms with E-state index in [-0.39, 0.29) is 5.56 Å². The van der Waals surface area contributed by atoms with Crippen LogP contribution in [0.2, 0.25) is 0 Å². The second-order valence-corrected chi connectivity index (χ2v) is 5.64. The van der Waals surface area contributed by atoms with Gasteiger partial charge in [-0.25, -0.2) is 0 Å². The van der Waals surface area contributed by atoms with Crippen LogP contribution in [-0.4, -0.2) is 41.0 Å². The molecule has 1 unspecified atom stereocenters. The molecular formula is C18H28N4O. The molecule has 0 amide bonds. The van der Waals surface area contributed by atoms with Crippen molar-refractivity contribution in [2.75, 3.05) is 26.2 Å². The first-order valence-corrected chi connectivity index (χ1v) is 8.65. The van der Waals surface area contributed by atoms with Crippen molar-refractivity contribution in [3.63, 3.8) is 0 Å². The van der Waals surface area contributed by atoms with Gasteiger partial charge in [-0.2, -0.15) is 0 Å². The zero-order valence-electron chi connectivity index (χ0n) is 14.6. The summed E-state index contributed by atoms with van der Waals surface area (Å²) in [7, 11) is 0. The van der Waals surface area contributed by atoms with Gasteiger partial charge >= 0.3 is 0 Å². The van der Waals surface area contributed by atoms with Crippen LogP contribution in [0.4, 0.5) is 0 Å². The van der Waals surface area contributed by atoms with Gasteiger partial charge in [-0.15, -0.1) is 0 Å². The maximum atomic E-state index is 11.9. The van der Waals surface area contributed by atoms with Crippen LogP contribution in [0, 0.1) is 0 Å². The lowest BCUT2D eigenvalue weighted by Crippen LogP contribution is -2.44. The molecule has 5 nitrogen and oxygen atoms in total. The second kappa shape index (κ2) is 8.22. The summed E-state index contributed by atoms with van der Waals surface area (Å²) >= 11 is 0. The minimum absolute atomic E-state index is 0.00113. The Morgan fingerprint density at radius 3 is 2.61 bits per heavy atom. The number of piperazine rings is 1. The minimum Gasteiger partial charge on any atom is -0.320 e. The Balaban J connectivity index is 0.000000924. The number of aromatic nitrogens is 2. The molecule has 23 heavy (non-hydrogen) atoms. The molecule has 1 aliphatic heterocycles. The molecule has 2 aromatic heterocycles. The van der Waals surface area contributed by atoms with Crippen LogP contribution in [0.1, 0.15) is 44.9 Å². The molecule has 3 heterocycles. The zero-order valence-corrected chi connectivity index (χ0v) is 14.6. The fourth-order valence-electron chi connectivity index (χ4n) is 2.91. The third-order valence-corrected chi connectivity index (χ3v) is 4.35. The third kappa shape index (κ3) is 3.98. The van der Waals surface area contributed by atoms with Crippen molar-refractivity contribution in [1.82, 2.24) is 20.2 Å². The molecule has 1 aliphatic rings. The SMILES string of the molecule is CC.CCc1cc2ncc(C(C)N3CCNCC3)cc2[nH]c1=O. The quantitative estimate of drug-likeness (QED) is 0.913. The van der Waals surface area contributed by atoms with Crippen LogP contribution in [-0.2, 0) is 6.42 Å². The molecule has 3 rings (SSSR count). The summed E-state index contributed by atoms with van der Waals surface area (Å²) in [6, 6.07) is 4.28. The number of aryl methyl sites for hydroxylation is 1. The van der Waals surface area contributed by atoms with E-state index >= 15 is 0 Å². The van der Waals surface area contributed by atoms with Gasteiger partial charge in [-0.05, 0) is 31.0 Å². The summed E-state index contributed by atoms with van der Waals surface area (Å²) in [5.74, 6) is 0. The maximum Gasteiger partial charge on any atom is 0.251 e. The standard InChI is InChI=1S/C16H22N4O.C2H6/c1-3-12-8-14-15(19-16(12)21)9-13(10-18-14)11(2)20-6-4-17-5-7-20;1-2/h8-11,17H,3-7H2,1-2H3,(H,19,21);1-2H3. The molecule has 1 saturated heterocycles. The van der Waals surface area contributed by atoms with E-state index in [4.69, 9.17) is 0 Å². The van der Waals surface area contributed by atoms with E-state index in [1.165, 1.54) is 0 Å². The van der Waals surface area contributed by atoms with Crippen LogP contribution in [0.5, 0.6) is 0 Å². The van der Waals surface area contributed by atoms with E-state index in [0.717, 1.165) is 54.8 Å². The second-order valence-electron chi connectivity index (χ2n) is 5.64. The lowest BCUT2D eigenvalue weighted by atomic mass is 10.1. The fourth-order valence-corrected chi connectivity index (χ4v) is 2.91. The highest BCUT2D eigenvalue weighted by Gasteiger charge is 2.18. The monoisotopic (exact) mass is 316 g/mol. The molecule has 0 saturated carbocycles. The van der Waals surface area contributed by atoms with Crippen molar-refractivity contribution in [1.29, 1.82) is 0 Å². The van der Waals surface area contributed by atoms with Crippen molar-refractivity contribution in [2.24, 2.45) is 0 Å². The van der Waals surface area contributed by atoms with E-state index in [9.17, 15) is 4.79 Å². The summed E-state index contributed by atoms with van der Waals surface area (Å²) in [5, 5.41) is 3.37. The highest BCUT2D eigenvalue weighted by molar-refractivity contribution is 5.75. The van der Waals surface area contributed by atoms with Gasteiger partial charge in [-0.3, -0.25) is 14.7 Å². The van der Waals surface area contributed by atoms with Gasteiger partial charge in [0.1, 0.15) is 0 Å². The van der Waals surface area contributed by atoms with Crippen LogP contribution in [0.15, 0.2) is 23.1 Å². The molecule has 5 heteroatoms. The van der Waals surface area contributed by atoms with Gasteiger partial charge in [0.15, 0.2) is 0 Å². The number of rotatable bonds is 3. The number of aromatic amines is 1. The van der Waals surface area contributed by atoms with Gasteiger partial charge in [0.25, 0.3) is 5.56 Å². The average Bonchev–Trinajstić information content (AvgIpc) is 2.62. The summed E-state index contributed by atoms with van der Waals surface area (Å²) in [6.45, 7) is 12.3. The number of pyridine rings is 2. The topological polar surface area (TPSA) is 61.0 Å². The lowest BCUT2D eigenvalue weighted by molar-refractivity contribution is 0.185. The van der Waals surface area contributed by atoms with Crippen LogP contribution in [0.25, 0.3) is 11.0 Å². The molecule has 126 valence electrons. The molecule has 2 N–H and O–H groups in total. The minimum atomic E-state index is -0.00113. The summed E-state index contributed by atoms with van der Waals surface area (Å²) in [4.78, 5) is 21.9. The third-order valence-electron chi connectivity index (χ3n) is 4.35. The predicted octanol–water partition coefficient (Wildman–Crippen LogP) is 2.48. The van der Waals surface area contributed by atoms with Gasteiger partial charge in [0.05, 0.1) is 11.0 Å². The first-order chi connectivity index (χ1) is 11.2. The van der Waals surface area contributed by atoms with Gasteiger partial charge in [0.2, 0.25) is 0 Å². The van der Waals surface area contributed by atoms with Crippen molar-refractivity contribution in [2.45, 2.75) is 40.2 Å². The van der Waals surface area contributed by atoms with Crippen molar-refractivity contribution >= 4 is 11.0 Å². The molecule has 1 atom stereocenters. The van der Waals surface area contributed by atoms with Gasteiger partial charge < -0.3 is 10.3 Å². The number of hydrogen-bond donors (Lipinski definition) is 2. The number of H-pyrrole nitrogens is 1. The molecular weight excluding hydrogens is 288 g/mol. The number of fused-ring (bicyclic) bond motifs is 1. The Morgan fingerprint density at radius 2 is 1.96 bits per heavy atom. The van der Waals surface area contributed by atoms with Crippen molar-refractivity contribution in [3.8, 4) is 0 Å². The van der Waals surface area contributed by atoms with E-state index < -0.39 is 0 Å². The van der Waals surface area contributed by atoms with E-state index in [1.807, 2.05) is 33.0 Å². The van der Waals surface area contributed by atoms with E-state index in [1.54, 1.807) is 0 Å². The molecule has 0 spiro atoms. The zero-order chi connectivity index (χ0) is 16.8. The molecule has 0 aliphatic carbocycles. The van der Waals surface area contributed by atoms with Crippen LogP contribution in [0.3, 0.4) is 0 Å². The highest BCUT2D eigenvalue weighted by Crippen LogP contribution is 2.22. The summed E-state index contributed by atoms with van der Waals surface area (Å²) in [5.41, 5.74) is 3.64. The molecule has 0 radical (unpaired) electrons. The Labute approximate surface area is 138 Å². The van der Waals surface area contributed by atoms with E-state index in [2.05, 4.69) is 33.2 Å². The van der Waals surface area contributed by atoms with Crippen LogP contribution < -0.4 is 10.9 Å². The lowest BCUT2D eigenvalue weighted by Gasteiger charge is -2.32. The Hall–Kier alpha value is -1.72. The first-order valence-electron chi connectivity index (χ1n) is 8.65. The summed E-state index contributed by atoms with van der Waals surface area (Å²) in [6.07, 6.45) is 2.67.